The summed E-state index contributed by atoms with van der Waals surface area (Å²) in [7, 11) is 0.718. The molecule has 3 nitrogen and oxygen atoms in total. The van der Waals surface area contributed by atoms with Gasteiger partial charge >= 0.3 is 0 Å². The number of carbonyl (C=O) groups excluding carboxylic acids is 1. The van der Waals surface area contributed by atoms with Crippen LogP contribution in [0.3, 0.4) is 0 Å². The minimum atomic E-state index is -1.02. The van der Waals surface area contributed by atoms with Crippen molar-refractivity contribution >= 4 is 22.4 Å². The van der Waals surface area contributed by atoms with Crippen LogP contribution in [0.1, 0.15) is 10.4 Å². The number of amides is 1. The molecule has 1 unspecified atom stereocenters. The first-order valence-corrected chi connectivity index (χ1v) is 7.42. The van der Waals surface area contributed by atoms with Crippen LogP contribution < -0.4 is 4.90 Å². The molecule has 0 saturated heterocycles. The topological polar surface area (TPSA) is 37.4 Å². The van der Waals surface area contributed by atoms with Crippen molar-refractivity contribution in [2.24, 2.45) is 0 Å². The fraction of sp³-hybridized carbons (Fsp3) is 0.133. The van der Waals surface area contributed by atoms with Crippen molar-refractivity contribution in [2.45, 2.75) is 4.90 Å². The lowest BCUT2D eigenvalue weighted by Gasteiger charge is -2.17. The first-order valence-electron chi connectivity index (χ1n) is 5.86. The van der Waals surface area contributed by atoms with Crippen LogP contribution >= 0.6 is 0 Å². The van der Waals surface area contributed by atoms with Crippen LogP contribution in [0.5, 0.6) is 0 Å². The zero-order valence-electron chi connectivity index (χ0n) is 10.9. The number of nitrogens with zero attached hydrogens (tertiary/aromatic N) is 1. The molecule has 0 aliphatic heterocycles. The van der Waals surface area contributed by atoms with Crippen molar-refractivity contribution in [1.29, 1.82) is 0 Å². The molecule has 19 heavy (non-hydrogen) atoms. The zero-order valence-corrected chi connectivity index (χ0v) is 11.7. The first kappa shape index (κ1) is 13.5. The Labute approximate surface area is 115 Å². The van der Waals surface area contributed by atoms with Crippen LogP contribution in [0.25, 0.3) is 0 Å². The summed E-state index contributed by atoms with van der Waals surface area (Å²) in [6.45, 7) is 0. The number of hydrogen-bond acceptors (Lipinski definition) is 2. The minimum absolute atomic E-state index is 0.0837. The second kappa shape index (κ2) is 5.80. The van der Waals surface area contributed by atoms with Gasteiger partial charge in [0.25, 0.3) is 5.91 Å². The molecule has 0 heterocycles. The number of carbonyl (C=O) groups is 1. The summed E-state index contributed by atoms with van der Waals surface area (Å²) in [5, 5.41) is 0. The average Bonchev–Trinajstić information content (AvgIpc) is 2.46. The van der Waals surface area contributed by atoms with Crippen LogP contribution in [0.15, 0.2) is 59.5 Å². The summed E-state index contributed by atoms with van der Waals surface area (Å²) in [6, 6.07) is 16.3. The Balaban J connectivity index is 2.22. The highest BCUT2D eigenvalue weighted by Gasteiger charge is 2.13. The molecule has 0 aliphatic carbocycles. The number of hydrogen-bond donors (Lipinski definition) is 0. The maximum atomic E-state index is 12.3. The van der Waals surface area contributed by atoms with Crippen LogP contribution in [-0.2, 0) is 10.8 Å². The highest BCUT2D eigenvalue weighted by Crippen LogP contribution is 2.15. The fourth-order valence-electron chi connectivity index (χ4n) is 1.75. The van der Waals surface area contributed by atoms with E-state index in [1.807, 2.05) is 30.3 Å². The van der Waals surface area contributed by atoms with Crippen molar-refractivity contribution in [1.82, 2.24) is 0 Å². The average molecular weight is 273 g/mol. The van der Waals surface area contributed by atoms with Gasteiger partial charge in [-0.05, 0) is 36.4 Å². The second-order valence-corrected chi connectivity index (χ2v) is 5.56. The predicted octanol–water partition coefficient (Wildman–Crippen LogP) is 2.70. The van der Waals surface area contributed by atoms with Crippen molar-refractivity contribution in [3.05, 3.63) is 60.2 Å². The summed E-state index contributed by atoms with van der Waals surface area (Å²) >= 11 is 0. The van der Waals surface area contributed by atoms with Gasteiger partial charge in [0.1, 0.15) is 0 Å². The van der Waals surface area contributed by atoms with Gasteiger partial charge in [-0.3, -0.25) is 9.00 Å². The smallest absolute Gasteiger partial charge is 0.258 e. The van der Waals surface area contributed by atoms with E-state index in [4.69, 9.17) is 0 Å². The molecule has 0 fully saturated rings. The third-order valence-electron chi connectivity index (χ3n) is 2.88. The Morgan fingerprint density at radius 3 is 2.11 bits per heavy atom. The summed E-state index contributed by atoms with van der Waals surface area (Å²) in [5.74, 6) is -0.0837. The van der Waals surface area contributed by atoms with Gasteiger partial charge in [-0.1, -0.05) is 18.2 Å². The van der Waals surface area contributed by atoms with Gasteiger partial charge in [0.05, 0.1) is 0 Å². The van der Waals surface area contributed by atoms with Crippen LogP contribution in [0.4, 0.5) is 5.69 Å². The molecule has 1 amide bonds. The second-order valence-electron chi connectivity index (χ2n) is 4.18. The maximum absolute atomic E-state index is 12.3. The van der Waals surface area contributed by atoms with Gasteiger partial charge < -0.3 is 4.90 Å². The highest BCUT2D eigenvalue weighted by atomic mass is 32.2. The van der Waals surface area contributed by atoms with Crippen molar-refractivity contribution in [2.75, 3.05) is 18.2 Å². The van der Waals surface area contributed by atoms with E-state index in [9.17, 15) is 9.00 Å². The van der Waals surface area contributed by atoms with E-state index in [2.05, 4.69) is 0 Å². The molecular weight excluding hydrogens is 258 g/mol. The van der Waals surface area contributed by atoms with Gasteiger partial charge in [0.2, 0.25) is 0 Å². The molecule has 0 bridgehead atoms. The molecular formula is C15H15NO2S. The molecule has 0 aromatic heterocycles. The summed E-state index contributed by atoms with van der Waals surface area (Å²) in [6.07, 6.45) is 1.62. The monoisotopic (exact) mass is 273 g/mol. The van der Waals surface area contributed by atoms with Crippen molar-refractivity contribution < 1.29 is 9.00 Å². The standard InChI is InChI=1S/C15H15NO2S/c1-16(13-6-4-3-5-7-13)15(17)12-8-10-14(11-9-12)19(2)18/h3-11H,1-2H3. The Morgan fingerprint density at radius 1 is 1.00 bits per heavy atom. The third-order valence-corrected chi connectivity index (χ3v) is 3.82. The van der Waals surface area contributed by atoms with Crippen molar-refractivity contribution in [3.63, 3.8) is 0 Å². The quantitative estimate of drug-likeness (QED) is 0.862. The first-order chi connectivity index (χ1) is 9.09. The molecule has 98 valence electrons. The fourth-order valence-corrected chi connectivity index (χ4v) is 2.27. The van der Waals surface area contributed by atoms with Gasteiger partial charge in [-0.2, -0.15) is 0 Å². The summed E-state index contributed by atoms with van der Waals surface area (Å²) in [4.78, 5) is 14.6. The Bertz CT molecular complexity index is 593. The number of rotatable bonds is 3. The molecule has 2 rings (SSSR count). The lowest BCUT2D eigenvalue weighted by atomic mass is 10.2. The molecule has 0 aliphatic rings. The largest absolute Gasteiger partial charge is 0.311 e. The van der Waals surface area contributed by atoms with Gasteiger partial charge in [0.15, 0.2) is 0 Å². The van der Waals surface area contributed by atoms with E-state index >= 15 is 0 Å². The number of anilines is 1. The van der Waals surface area contributed by atoms with E-state index in [1.54, 1.807) is 42.5 Å². The van der Waals surface area contributed by atoms with Crippen molar-refractivity contribution in [3.8, 4) is 0 Å². The Morgan fingerprint density at radius 2 is 1.58 bits per heavy atom. The zero-order chi connectivity index (χ0) is 13.8. The molecule has 2 aromatic rings. The lowest BCUT2D eigenvalue weighted by Crippen LogP contribution is -2.26. The summed E-state index contributed by atoms with van der Waals surface area (Å²) in [5.41, 5.74) is 1.43. The van der Waals surface area contributed by atoms with Crippen LogP contribution in [0.2, 0.25) is 0 Å². The highest BCUT2D eigenvalue weighted by molar-refractivity contribution is 7.84. The molecule has 0 N–H and O–H groups in total. The molecule has 0 spiro atoms. The van der Waals surface area contributed by atoms with E-state index in [1.165, 1.54) is 0 Å². The third kappa shape index (κ3) is 3.09. The van der Waals surface area contributed by atoms with E-state index in [0.29, 0.717) is 5.56 Å². The van der Waals surface area contributed by atoms with E-state index < -0.39 is 10.8 Å². The van der Waals surface area contributed by atoms with Crippen LogP contribution in [-0.4, -0.2) is 23.4 Å². The van der Waals surface area contributed by atoms with Gasteiger partial charge in [-0.15, -0.1) is 0 Å². The van der Waals surface area contributed by atoms with Gasteiger partial charge in [0, 0.05) is 40.2 Å². The SMILES string of the molecule is CN(C(=O)c1ccc(S(C)=O)cc1)c1ccccc1. The summed E-state index contributed by atoms with van der Waals surface area (Å²) < 4.78 is 11.3. The minimum Gasteiger partial charge on any atom is -0.311 e. The maximum Gasteiger partial charge on any atom is 0.258 e. The number of para-hydroxylation sites is 1. The molecule has 0 radical (unpaired) electrons. The Hall–Kier alpha value is -1.94. The van der Waals surface area contributed by atoms with E-state index in [-0.39, 0.29) is 5.91 Å². The van der Waals surface area contributed by atoms with Crippen LogP contribution in [0, 0.1) is 0 Å². The molecule has 0 saturated carbocycles. The predicted molar refractivity (Wildman–Crippen MR) is 77.9 cm³/mol. The molecule has 1 atom stereocenters. The number of benzene rings is 2. The Kier molecular flexibility index (Phi) is 4.12. The van der Waals surface area contributed by atoms with Gasteiger partial charge in [-0.25, -0.2) is 0 Å². The molecule has 4 heteroatoms. The molecule has 2 aromatic carbocycles. The lowest BCUT2D eigenvalue weighted by molar-refractivity contribution is 0.0993. The normalized spacial score (nSPS) is 11.9. The van der Waals surface area contributed by atoms with E-state index in [0.717, 1.165) is 10.6 Å².